The molecule has 0 bridgehead atoms. The number of rotatable bonds is 6. The summed E-state index contributed by atoms with van der Waals surface area (Å²) in [5.74, 6) is -0.438. The zero-order valence-electron chi connectivity index (χ0n) is 14.3. The summed E-state index contributed by atoms with van der Waals surface area (Å²) in [5.41, 5.74) is 0.0825. The fraction of sp³-hybridized carbons (Fsp3) is 0.353. The van der Waals surface area contributed by atoms with Gasteiger partial charge in [0.2, 0.25) is 10.0 Å². The second-order valence-electron chi connectivity index (χ2n) is 5.86. The summed E-state index contributed by atoms with van der Waals surface area (Å²) in [6.07, 6.45) is 0.688. The Labute approximate surface area is 172 Å². The number of amides is 1. The Morgan fingerprint density at radius 3 is 2.63 bits per heavy atom. The van der Waals surface area contributed by atoms with Gasteiger partial charge in [-0.15, -0.1) is 11.3 Å². The van der Waals surface area contributed by atoms with Crippen molar-refractivity contribution in [1.29, 1.82) is 0 Å². The number of nitrogens with zero attached hydrogens (tertiary/aromatic N) is 1. The van der Waals surface area contributed by atoms with E-state index in [2.05, 4.69) is 5.32 Å². The van der Waals surface area contributed by atoms with Gasteiger partial charge >= 0.3 is 0 Å². The van der Waals surface area contributed by atoms with E-state index in [1.807, 2.05) is 17.5 Å². The van der Waals surface area contributed by atoms with Gasteiger partial charge in [-0.2, -0.15) is 4.31 Å². The molecule has 2 heterocycles. The second kappa shape index (κ2) is 8.89. The Kier molecular flexibility index (Phi) is 6.78. The highest BCUT2D eigenvalue weighted by atomic mass is 35.5. The van der Waals surface area contributed by atoms with Crippen molar-refractivity contribution in [2.24, 2.45) is 0 Å². The van der Waals surface area contributed by atoms with Gasteiger partial charge in [0, 0.05) is 24.5 Å². The van der Waals surface area contributed by atoms with Crippen molar-refractivity contribution < 1.29 is 17.9 Å². The first-order valence-electron chi connectivity index (χ1n) is 8.27. The summed E-state index contributed by atoms with van der Waals surface area (Å²) in [6, 6.07) is 6.47. The molecule has 2 aromatic rings. The van der Waals surface area contributed by atoms with Crippen molar-refractivity contribution in [2.45, 2.75) is 11.3 Å². The van der Waals surface area contributed by atoms with Crippen LogP contribution in [0.4, 0.5) is 0 Å². The molecule has 0 aliphatic carbocycles. The smallest absolute Gasteiger partial charge is 0.252 e. The highest BCUT2D eigenvalue weighted by Gasteiger charge is 2.30. The molecule has 1 fully saturated rings. The van der Waals surface area contributed by atoms with Crippen LogP contribution in [0.15, 0.2) is 34.5 Å². The highest BCUT2D eigenvalue weighted by Crippen LogP contribution is 2.31. The summed E-state index contributed by atoms with van der Waals surface area (Å²) in [5, 5.41) is 4.83. The molecule has 1 amide bonds. The van der Waals surface area contributed by atoms with Gasteiger partial charge in [0.15, 0.2) is 0 Å². The van der Waals surface area contributed by atoms with Gasteiger partial charge in [-0.05, 0) is 30.0 Å². The van der Waals surface area contributed by atoms with E-state index >= 15 is 0 Å². The maximum absolute atomic E-state index is 12.9. The number of morpholine rings is 1. The Balaban J connectivity index is 1.79. The molecule has 6 nitrogen and oxygen atoms in total. The molecular weight excluding hydrogens is 431 g/mol. The van der Waals surface area contributed by atoms with Gasteiger partial charge < -0.3 is 10.1 Å². The largest absolute Gasteiger partial charge is 0.379 e. The number of carbonyl (C=O) groups excluding carboxylic acids is 1. The molecule has 0 unspecified atom stereocenters. The summed E-state index contributed by atoms with van der Waals surface area (Å²) in [4.78, 5) is 13.5. The molecule has 0 radical (unpaired) electrons. The molecule has 1 N–H and O–H groups in total. The summed E-state index contributed by atoms with van der Waals surface area (Å²) in [6.45, 7) is 1.54. The van der Waals surface area contributed by atoms with Crippen LogP contribution >= 0.6 is 34.5 Å². The molecule has 1 aromatic heterocycles. The third-order valence-electron chi connectivity index (χ3n) is 4.09. The van der Waals surface area contributed by atoms with Crippen molar-refractivity contribution in [1.82, 2.24) is 9.62 Å². The van der Waals surface area contributed by atoms with Crippen molar-refractivity contribution >= 4 is 50.5 Å². The molecule has 146 valence electrons. The Bertz CT molecular complexity index is 911. The van der Waals surface area contributed by atoms with Crippen LogP contribution in [-0.4, -0.2) is 51.5 Å². The van der Waals surface area contributed by atoms with Crippen LogP contribution in [0.5, 0.6) is 0 Å². The van der Waals surface area contributed by atoms with E-state index in [1.54, 1.807) is 11.3 Å². The molecule has 1 aliphatic rings. The number of halogens is 2. The normalized spacial score (nSPS) is 15.6. The lowest BCUT2D eigenvalue weighted by atomic mass is 10.2. The molecule has 1 saturated heterocycles. The molecule has 1 aromatic carbocycles. The standard InChI is InChI=1S/C17H18Cl2N2O4S2/c18-14-11-15(19)16(27(23,24)21-5-7-25-8-6-21)10-13(14)17(22)20-4-3-12-2-1-9-26-12/h1-2,9-11H,3-8H2,(H,20,22). The molecule has 0 saturated carbocycles. The van der Waals surface area contributed by atoms with Gasteiger partial charge in [0.1, 0.15) is 4.90 Å². The second-order valence-corrected chi connectivity index (χ2v) is 9.62. The van der Waals surface area contributed by atoms with Crippen LogP contribution in [-0.2, 0) is 21.2 Å². The van der Waals surface area contributed by atoms with Crippen LogP contribution in [0.1, 0.15) is 15.2 Å². The minimum Gasteiger partial charge on any atom is -0.379 e. The average Bonchev–Trinajstić information content (AvgIpc) is 3.15. The zero-order chi connectivity index (χ0) is 19.4. The molecule has 10 heteroatoms. The van der Waals surface area contributed by atoms with E-state index in [0.29, 0.717) is 26.2 Å². The maximum Gasteiger partial charge on any atom is 0.252 e. The number of hydrogen-bond acceptors (Lipinski definition) is 5. The van der Waals surface area contributed by atoms with E-state index in [0.717, 1.165) is 4.88 Å². The first-order chi connectivity index (χ1) is 12.9. The Morgan fingerprint density at radius 2 is 1.96 bits per heavy atom. The number of carbonyl (C=O) groups is 1. The minimum atomic E-state index is -3.84. The molecule has 0 spiro atoms. The Morgan fingerprint density at radius 1 is 1.22 bits per heavy atom. The van der Waals surface area contributed by atoms with Crippen molar-refractivity contribution in [3.63, 3.8) is 0 Å². The van der Waals surface area contributed by atoms with E-state index in [9.17, 15) is 13.2 Å². The van der Waals surface area contributed by atoms with E-state index < -0.39 is 15.9 Å². The lowest BCUT2D eigenvalue weighted by Crippen LogP contribution is -2.40. The topological polar surface area (TPSA) is 75.7 Å². The number of hydrogen-bond donors (Lipinski definition) is 1. The van der Waals surface area contributed by atoms with E-state index in [-0.39, 0.29) is 33.6 Å². The molecule has 3 rings (SSSR count). The lowest BCUT2D eigenvalue weighted by molar-refractivity contribution is 0.0730. The van der Waals surface area contributed by atoms with Crippen molar-refractivity contribution in [3.8, 4) is 0 Å². The van der Waals surface area contributed by atoms with Gasteiger partial charge in [-0.25, -0.2) is 8.42 Å². The maximum atomic E-state index is 12.9. The van der Waals surface area contributed by atoms with E-state index in [4.69, 9.17) is 27.9 Å². The number of nitrogens with one attached hydrogen (secondary N) is 1. The van der Waals surface area contributed by atoms with Gasteiger partial charge in [0.05, 0.1) is 28.8 Å². The predicted octanol–water partition coefficient (Wildman–Crippen LogP) is 3.05. The predicted molar refractivity (Wildman–Crippen MR) is 106 cm³/mol. The van der Waals surface area contributed by atoms with Crippen molar-refractivity contribution in [2.75, 3.05) is 32.8 Å². The number of sulfonamides is 1. The quantitative estimate of drug-likeness (QED) is 0.736. The fourth-order valence-corrected chi connectivity index (χ4v) is 5.63. The van der Waals surface area contributed by atoms with Crippen LogP contribution in [0, 0.1) is 0 Å². The minimum absolute atomic E-state index is 0.0124. The SMILES string of the molecule is O=C(NCCc1cccs1)c1cc(S(=O)(=O)N2CCOCC2)c(Cl)cc1Cl. The third-order valence-corrected chi connectivity index (χ3v) is 7.70. The first kappa shape index (κ1) is 20.6. The fourth-order valence-electron chi connectivity index (χ4n) is 2.68. The highest BCUT2D eigenvalue weighted by molar-refractivity contribution is 7.89. The summed E-state index contributed by atoms with van der Waals surface area (Å²) >= 11 is 13.9. The average molecular weight is 449 g/mol. The van der Waals surface area contributed by atoms with Gasteiger partial charge in [0.25, 0.3) is 5.91 Å². The van der Waals surface area contributed by atoms with Gasteiger partial charge in [-0.3, -0.25) is 4.79 Å². The van der Waals surface area contributed by atoms with Crippen molar-refractivity contribution in [3.05, 3.63) is 50.1 Å². The first-order valence-corrected chi connectivity index (χ1v) is 11.3. The summed E-state index contributed by atoms with van der Waals surface area (Å²) < 4.78 is 32.2. The molecule has 0 atom stereocenters. The number of ether oxygens (including phenoxy) is 1. The van der Waals surface area contributed by atoms with E-state index in [1.165, 1.54) is 16.4 Å². The molecule has 27 heavy (non-hydrogen) atoms. The number of benzene rings is 1. The lowest BCUT2D eigenvalue weighted by Gasteiger charge is -2.26. The zero-order valence-corrected chi connectivity index (χ0v) is 17.4. The number of thiophene rings is 1. The molecular formula is C17H18Cl2N2O4S2. The van der Waals surface area contributed by atoms with Crippen LogP contribution in [0.25, 0.3) is 0 Å². The van der Waals surface area contributed by atoms with Crippen LogP contribution < -0.4 is 5.32 Å². The monoisotopic (exact) mass is 448 g/mol. The Hall–Kier alpha value is -1.16. The summed E-state index contributed by atoms with van der Waals surface area (Å²) in [7, 11) is -3.84. The molecule has 1 aliphatic heterocycles. The van der Waals surface area contributed by atoms with Crippen LogP contribution in [0.2, 0.25) is 10.0 Å². The third kappa shape index (κ3) is 4.82. The van der Waals surface area contributed by atoms with Gasteiger partial charge in [-0.1, -0.05) is 29.3 Å². The van der Waals surface area contributed by atoms with Crippen LogP contribution in [0.3, 0.4) is 0 Å².